The minimum atomic E-state index is -0.971. The number of carboxylic acids is 1. The summed E-state index contributed by atoms with van der Waals surface area (Å²) >= 11 is 13.7. The standard InChI is InChI=1S/C47H53Cl2N5O4/c1-26-19-32(43-33(20-26)25-39(47(56)57)51(43)7)24-34-23-29(4)54-44-37(36(45(54)46(34)55)11-10-18-58-35-21-27(2)42(49)28(3)22-35)12-13-38(48)41(44)40-30(5)50-53(31(40)6)17-16-52-14-8-9-15-52/h12-13,19-22,25,29,34H,8-11,14-18,23-24H2,1-7H3,(H,56,57)/t29-,34?/m1/s1. The van der Waals surface area contributed by atoms with Crippen molar-refractivity contribution in [2.75, 3.05) is 26.2 Å². The Labute approximate surface area is 350 Å². The van der Waals surface area contributed by atoms with Crippen LogP contribution < -0.4 is 4.74 Å². The number of benzene rings is 3. The van der Waals surface area contributed by atoms with Gasteiger partial charge in [0.15, 0.2) is 5.78 Å². The Morgan fingerprint density at radius 1 is 0.948 bits per heavy atom. The van der Waals surface area contributed by atoms with Crippen molar-refractivity contribution < 1.29 is 19.4 Å². The number of carboxylic acid groups (broad SMARTS) is 1. The average molecular weight is 823 g/mol. The maximum absolute atomic E-state index is 15.2. The molecule has 8 rings (SSSR count). The molecule has 6 aromatic rings. The number of rotatable bonds is 12. The molecule has 0 bridgehead atoms. The Balaban J connectivity index is 1.21. The fourth-order valence-electron chi connectivity index (χ4n) is 9.98. The normalized spacial score (nSPS) is 17.2. The number of aryl methyl sites for hydroxylation is 6. The topological polar surface area (TPSA) is 94.5 Å². The van der Waals surface area contributed by atoms with Crippen LogP contribution >= 0.6 is 23.2 Å². The quantitative estimate of drug-likeness (QED) is 0.124. The number of nitrogens with zero attached hydrogens (tertiary/aromatic N) is 5. The largest absolute Gasteiger partial charge is 0.494 e. The van der Waals surface area contributed by atoms with E-state index in [0.717, 1.165) is 115 Å². The van der Waals surface area contributed by atoms with Gasteiger partial charge in [0.05, 0.1) is 40.6 Å². The Kier molecular flexibility index (Phi) is 11.0. The molecule has 0 spiro atoms. The van der Waals surface area contributed by atoms with Crippen molar-refractivity contribution >= 4 is 56.8 Å². The van der Waals surface area contributed by atoms with Crippen LogP contribution in [-0.4, -0.2) is 66.9 Å². The second kappa shape index (κ2) is 15.9. The maximum atomic E-state index is 15.2. The second-order valence-electron chi connectivity index (χ2n) is 16.8. The summed E-state index contributed by atoms with van der Waals surface area (Å²) in [6, 6.07) is 13.9. The van der Waals surface area contributed by atoms with Crippen molar-refractivity contribution in [3.63, 3.8) is 0 Å². The number of aromatic carboxylic acids is 1. The first-order valence-electron chi connectivity index (χ1n) is 20.6. The highest BCUT2D eigenvalue weighted by Crippen LogP contribution is 2.47. The number of Topliss-reactive ketones (excluding diaryl/α,β-unsaturated/α-hetero) is 1. The summed E-state index contributed by atoms with van der Waals surface area (Å²) in [6.45, 7) is 16.9. The Morgan fingerprint density at radius 2 is 1.67 bits per heavy atom. The molecule has 0 aliphatic carbocycles. The molecule has 2 atom stereocenters. The van der Waals surface area contributed by atoms with Crippen LogP contribution in [-0.2, 0) is 26.4 Å². The Hall–Kier alpha value is -4.57. The Bertz CT molecular complexity index is 2590. The SMILES string of the molecule is Cc1cc(CC2C[C@@H](C)n3c(c(CCCOc4cc(C)c(Cl)c(C)c4)c4ccc(Cl)c(-c5c(C)nn(CCN6CCCC6)c5C)c43)C2=O)c2c(c1)cc(C(=O)O)n2C. The number of carbonyl (C=O) groups excluding carboxylic acids is 1. The van der Waals surface area contributed by atoms with Gasteiger partial charge in [0.1, 0.15) is 11.4 Å². The smallest absolute Gasteiger partial charge is 0.352 e. The molecule has 2 aliphatic heterocycles. The van der Waals surface area contributed by atoms with E-state index in [1.165, 1.54) is 12.8 Å². The molecule has 1 saturated heterocycles. The highest BCUT2D eigenvalue weighted by Gasteiger charge is 2.38. The first-order valence-corrected chi connectivity index (χ1v) is 21.4. The van der Waals surface area contributed by atoms with E-state index in [4.69, 9.17) is 33.0 Å². The number of ether oxygens (including phenoxy) is 1. The Morgan fingerprint density at radius 3 is 2.38 bits per heavy atom. The summed E-state index contributed by atoms with van der Waals surface area (Å²) in [5.74, 6) is -0.383. The van der Waals surface area contributed by atoms with Gasteiger partial charge in [-0.05, 0) is 146 Å². The minimum Gasteiger partial charge on any atom is -0.494 e. The lowest BCUT2D eigenvalue weighted by atomic mass is 9.83. The summed E-state index contributed by atoms with van der Waals surface area (Å²) in [5, 5.41) is 18.3. The number of ketones is 1. The van der Waals surface area contributed by atoms with Crippen LogP contribution in [0.2, 0.25) is 10.0 Å². The first-order chi connectivity index (χ1) is 27.7. The van der Waals surface area contributed by atoms with Crippen LogP contribution in [0.1, 0.15) is 98.8 Å². The van der Waals surface area contributed by atoms with E-state index < -0.39 is 5.97 Å². The summed E-state index contributed by atoms with van der Waals surface area (Å²) in [7, 11) is 1.80. The summed E-state index contributed by atoms with van der Waals surface area (Å²) in [6.07, 6.45) is 4.98. The number of aromatic nitrogens is 4. The molecule has 304 valence electrons. The van der Waals surface area contributed by atoms with Gasteiger partial charge in [-0.2, -0.15) is 5.10 Å². The lowest BCUT2D eigenvalue weighted by molar-refractivity contribution is 0.0686. The second-order valence-corrected chi connectivity index (χ2v) is 17.5. The fourth-order valence-corrected chi connectivity index (χ4v) is 10.3. The number of halogens is 2. The third-order valence-electron chi connectivity index (χ3n) is 12.6. The number of carbonyl (C=O) groups is 2. The predicted octanol–water partition coefficient (Wildman–Crippen LogP) is 10.7. The van der Waals surface area contributed by atoms with Crippen LogP contribution in [0.3, 0.4) is 0 Å². The number of hydrogen-bond acceptors (Lipinski definition) is 5. The van der Waals surface area contributed by atoms with Gasteiger partial charge in [0, 0.05) is 58.2 Å². The van der Waals surface area contributed by atoms with Gasteiger partial charge >= 0.3 is 5.97 Å². The summed E-state index contributed by atoms with van der Waals surface area (Å²) in [4.78, 5) is 29.8. The van der Waals surface area contributed by atoms with Crippen LogP contribution in [0.4, 0.5) is 0 Å². The van der Waals surface area contributed by atoms with Crippen LogP contribution in [0, 0.1) is 40.5 Å². The van der Waals surface area contributed by atoms with Crippen LogP contribution in [0.5, 0.6) is 5.75 Å². The molecule has 1 fully saturated rings. The van der Waals surface area contributed by atoms with E-state index in [9.17, 15) is 9.90 Å². The molecular weight excluding hydrogens is 769 g/mol. The lowest BCUT2D eigenvalue weighted by Gasteiger charge is -2.31. The molecule has 58 heavy (non-hydrogen) atoms. The van der Waals surface area contributed by atoms with Gasteiger partial charge in [-0.3, -0.25) is 9.48 Å². The van der Waals surface area contributed by atoms with Gasteiger partial charge in [-0.1, -0.05) is 40.9 Å². The van der Waals surface area contributed by atoms with E-state index in [0.29, 0.717) is 37.3 Å². The zero-order chi connectivity index (χ0) is 41.2. The number of hydrogen-bond donors (Lipinski definition) is 1. The van der Waals surface area contributed by atoms with Crippen LogP contribution in [0.25, 0.3) is 32.9 Å². The van der Waals surface area contributed by atoms with E-state index in [2.05, 4.69) is 47.1 Å². The molecule has 1 unspecified atom stereocenters. The third-order valence-corrected chi connectivity index (χ3v) is 13.5. The van der Waals surface area contributed by atoms with Crippen molar-refractivity contribution in [2.45, 2.75) is 92.7 Å². The molecule has 5 heterocycles. The van der Waals surface area contributed by atoms with Crippen molar-refractivity contribution in [1.29, 1.82) is 0 Å². The zero-order valence-corrected chi connectivity index (χ0v) is 36.2. The summed E-state index contributed by atoms with van der Waals surface area (Å²) < 4.78 is 12.4. The van der Waals surface area contributed by atoms with Gasteiger partial charge in [0.25, 0.3) is 0 Å². The van der Waals surface area contributed by atoms with Crippen molar-refractivity contribution in [3.05, 3.63) is 103 Å². The van der Waals surface area contributed by atoms with Crippen molar-refractivity contribution in [2.24, 2.45) is 13.0 Å². The molecule has 2 aliphatic rings. The maximum Gasteiger partial charge on any atom is 0.352 e. The van der Waals surface area contributed by atoms with Crippen molar-refractivity contribution in [1.82, 2.24) is 23.8 Å². The van der Waals surface area contributed by atoms with E-state index in [1.807, 2.05) is 45.0 Å². The molecule has 0 amide bonds. The fraction of sp³-hybridized carbons (Fsp3) is 0.426. The third kappa shape index (κ3) is 7.13. The predicted molar refractivity (Wildman–Crippen MR) is 234 cm³/mol. The van der Waals surface area contributed by atoms with Gasteiger partial charge < -0.3 is 23.9 Å². The van der Waals surface area contributed by atoms with E-state index in [-0.39, 0.29) is 23.4 Å². The lowest BCUT2D eigenvalue weighted by Crippen LogP contribution is -2.31. The molecular formula is C47H53Cl2N5O4. The molecule has 1 N–H and O–H groups in total. The zero-order valence-electron chi connectivity index (χ0n) is 34.6. The minimum absolute atomic E-state index is 0.0171. The van der Waals surface area contributed by atoms with Crippen LogP contribution in [0.15, 0.2) is 42.5 Å². The molecule has 3 aromatic heterocycles. The number of fused-ring (bicyclic) bond motifs is 4. The average Bonchev–Trinajstić information content (AvgIpc) is 3.95. The van der Waals surface area contributed by atoms with Crippen molar-refractivity contribution in [3.8, 4) is 16.9 Å². The van der Waals surface area contributed by atoms with E-state index in [1.54, 1.807) is 17.7 Å². The number of likely N-dealkylation sites (tertiary alicyclic amines) is 1. The monoisotopic (exact) mass is 821 g/mol. The van der Waals surface area contributed by atoms with Gasteiger partial charge in [-0.15, -0.1) is 0 Å². The van der Waals surface area contributed by atoms with E-state index >= 15 is 4.79 Å². The molecule has 0 radical (unpaired) electrons. The molecule has 9 nitrogen and oxygen atoms in total. The highest BCUT2D eigenvalue weighted by molar-refractivity contribution is 6.35. The highest BCUT2D eigenvalue weighted by atomic mass is 35.5. The van der Waals surface area contributed by atoms with Gasteiger partial charge in [0.2, 0.25) is 0 Å². The molecule has 11 heteroatoms. The molecule has 3 aromatic carbocycles. The van der Waals surface area contributed by atoms with Gasteiger partial charge in [-0.25, -0.2) is 4.79 Å². The molecule has 0 saturated carbocycles. The summed E-state index contributed by atoms with van der Waals surface area (Å²) in [5.41, 5.74) is 11.8. The first kappa shape index (κ1) is 40.2.